The number of hydrogen-bond donors (Lipinski definition) is 3. The van der Waals surface area contributed by atoms with Crippen LogP contribution in [-0.4, -0.2) is 55.4 Å². The molecule has 0 saturated carbocycles. The molecule has 1 unspecified atom stereocenters. The summed E-state index contributed by atoms with van der Waals surface area (Å²) in [5, 5.41) is 12.7. The third-order valence-electron chi connectivity index (χ3n) is 6.50. The van der Waals surface area contributed by atoms with E-state index in [9.17, 15) is 49.5 Å². The van der Waals surface area contributed by atoms with Crippen LogP contribution in [0.5, 0.6) is 0 Å². The monoisotopic (exact) mass is 618 g/mol. The van der Waals surface area contributed by atoms with Crippen LogP contribution in [-0.2, 0) is 21.0 Å². The van der Waals surface area contributed by atoms with Crippen LogP contribution in [0.4, 0.5) is 36.8 Å². The Bertz CT molecular complexity index is 1550. The molecule has 0 aliphatic carbocycles. The Morgan fingerprint density at radius 3 is 2.21 bits per heavy atom. The first-order chi connectivity index (χ1) is 19.4. The van der Waals surface area contributed by atoms with Crippen molar-refractivity contribution in [3.05, 3.63) is 88.8 Å². The number of urea groups is 1. The van der Waals surface area contributed by atoms with Gasteiger partial charge in [0.2, 0.25) is 10.0 Å². The fraction of sp³-hybridized carbons (Fsp3) is 0.308. The maximum Gasteiger partial charge on any atom is 0.416 e. The molecule has 1 fully saturated rings. The highest BCUT2D eigenvalue weighted by Gasteiger charge is 2.43. The molecule has 0 radical (unpaired) electrons. The Balaban J connectivity index is 1.91. The molecule has 9 nitrogen and oxygen atoms in total. The van der Waals surface area contributed by atoms with E-state index in [1.54, 1.807) is 16.9 Å². The van der Waals surface area contributed by atoms with E-state index in [1.807, 2.05) is 0 Å². The lowest BCUT2D eigenvalue weighted by Gasteiger charge is -2.43. The topological polar surface area (TPSA) is 129 Å². The van der Waals surface area contributed by atoms with Gasteiger partial charge in [-0.15, -0.1) is 0 Å². The number of carboxylic acids is 1. The number of alkyl halides is 6. The molecule has 2 aromatic rings. The van der Waals surface area contributed by atoms with Gasteiger partial charge in [0.25, 0.3) is 0 Å². The lowest BCUT2D eigenvalue weighted by molar-refractivity contribution is -0.138. The fourth-order valence-electron chi connectivity index (χ4n) is 4.72. The molecule has 2 amide bonds. The van der Waals surface area contributed by atoms with Crippen LogP contribution in [0.15, 0.2) is 72.1 Å². The number of amides is 2. The van der Waals surface area contributed by atoms with E-state index in [0.717, 1.165) is 33.6 Å². The van der Waals surface area contributed by atoms with Gasteiger partial charge in [0.05, 0.1) is 17.3 Å². The molecule has 0 aromatic heterocycles. The summed E-state index contributed by atoms with van der Waals surface area (Å²) in [4.78, 5) is 27.2. The highest BCUT2D eigenvalue weighted by molar-refractivity contribution is 7.89. The summed E-state index contributed by atoms with van der Waals surface area (Å²) in [5.41, 5.74) is -1.42. The number of carboxylic acid groups (broad SMARTS) is 1. The molecule has 226 valence electrons. The van der Waals surface area contributed by atoms with Crippen molar-refractivity contribution in [3.63, 3.8) is 0 Å². The summed E-state index contributed by atoms with van der Waals surface area (Å²) >= 11 is 0. The molecular formula is C26H24F6N4O5S. The van der Waals surface area contributed by atoms with E-state index < -0.39 is 64.0 Å². The Labute approximate surface area is 236 Å². The minimum absolute atomic E-state index is 0.0689. The number of hydrogen-bond acceptors (Lipinski definition) is 5. The summed E-state index contributed by atoms with van der Waals surface area (Å²) in [5.74, 6) is -3.79. The fourth-order valence-corrected chi connectivity index (χ4v) is 5.70. The van der Waals surface area contributed by atoms with Crippen molar-refractivity contribution < 1.29 is 49.5 Å². The van der Waals surface area contributed by atoms with E-state index >= 15 is 0 Å². The third-order valence-corrected chi connectivity index (χ3v) is 7.77. The SMILES string of the molecule is C=C(NS(=O)(=O)CC(F)(F)F)C1=C(C)N(c2cccc(C(F)(F)F)c2)C(=O)N(CC(=O)O)C1c1ccc([C@H]2CN2)cc1. The van der Waals surface area contributed by atoms with Crippen molar-refractivity contribution in [1.29, 1.82) is 0 Å². The van der Waals surface area contributed by atoms with Crippen LogP contribution in [0.1, 0.15) is 35.7 Å². The van der Waals surface area contributed by atoms with Crippen LogP contribution in [0, 0.1) is 0 Å². The molecule has 0 bridgehead atoms. The Hall–Kier alpha value is -4.05. The van der Waals surface area contributed by atoms with Gasteiger partial charge >= 0.3 is 24.4 Å². The average molecular weight is 619 g/mol. The van der Waals surface area contributed by atoms with Gasteiger partial charge in [-0.25, -0.2) is 13.2 Å². The zero-order chi connectivity index (χ0) is 31.2. The van der Waals surface area contributed by atoms with Crippen molar-refractivity contribution in [1.82, 2.24) is 14.9 Å². The highest BCUT2D eigenvalue weighted by atomic mass is 32.2. The van der Waals surface area contributed by atoms with Gasteiger partial charge in [0.1, 0.15) is 6.54 Å². The van der Waals surface area contributed by atoms with E-state index in [4.69, 9.17) is 0 Å². The van der Waals surface area contributed by atoms with E-state index in [1.165, 1.54) is 19.1 Å². The lowest BCUT2D eigenvalue weighted by atomic mass is 9.90. The molecule has 2 heterocycles. The molecule has 2 aromatic carbocycles. The zero-order valence-electron chi connectivity index (χ0n) is 21.8. The zero-order valence-corrected chi connectivity index (χ0v) is 22.6. The predicted molar refractivity (Wildman–Crippen MR) is 138 cm³/mol. The molecule has 0 spiro atoms. The molecule has 16 heteroatoms. The molecule has 3 N–H and O–H groups in total. The summed E-state index contributed by atoms with van der Waals surface area (Å²) in [6.07, 6.45) is -9.93. The first-order valence-corrected chi connectivity index (χ1v) is 13.8. The number of sulfonamides is 1. The van der Waals surface area contributed by atoms with Crippen molar-refractivity contribution in [2.75, 3.05) is 23.7 Å². The average Bonchev–Trinajstić information content (AvgIpc) is 3.69. The maximum absolute atomic E-state index is 13.8. The van der Waals surface area contributed by atoms with Gasteiger partial charge in [-0.3, -0.25) is 14.4 Å². The first kappa shape index (κ1) is 30.9. The number of nitrogens with one attached hydrogen (secondary N) is 2. The van der Waals surface area contributed by atoms with Gasteiger partial charge in [0.15, 0.2) is 5.75 Å². The number of carbonyl (C=O) groups is 2. The van der Waals surface area contributed by atoms with Crippen molar-refractivity contribution in [3.8, 4) is 0 Å². The summed E-state index contributed by atoms with van der Waals surface area (Å²) in [6.45, 7) is 4.53. The molecule has 2 aliphatic heterocycles. The van der Waals surface area contributed by atoms with Crippen molar-refractivity contribution >= 4 is 27.7 Å². The highest BCUT2D eigenvalue weighted by Crippen LogP contribution is 2.43. The van der Waals surface area contributed by atoms with Crippen LogP contribution in [0.3, 0.4) is 0 Å². The minimum Gasteiger partial charge on any atom is -0.480 e. The van der Waals surface area contributed by atoms with Gasteiger partial charge in [0, 0.05) is 29.6 Å². The normalized spacial score (nSPS) is 19.6. The van der Waals surface area contributed by atoms with Gasteiger partial charge in [-0.2, -0.15) is 26.3 Å². The largest absolute Gasteiger partial charge is 0.480 e. The van der Waals surface area contributed by atoms with E-state index in [0.29, 0.717) is 12.6 Å². The number of rotatable bonds is 9. The molecule has 2 atom stereocenters. The minimum atomic E-state index is -5.12. The second-order valence-corrected chi connectivity index (χ2v) is 11.4. The molecule has 2 aliphatic rings. The Morgan fingerprint density at radius 1 is 1.10 bits per heavy atom. The number of anilines is 1. The van der Waals surface area contributed by atoms with Crippen LogP contribution >= 0.6 is 0 Å². The van der Waals surface area contributed by atoms with Gasteiger partial charge in [-0.1, -0.05) is 36.9 Å². The number of benzene rings is 2. The summed E-state index contributed by atoms with van der Waals surface area (Å²) < 4.78 is 106. The van der Waals surface area contributed by atoms with E-state index in [-0.39, 0.29) is 28.6 Å². The van der Waals surface area contributed by atoms with Crippen LogP contribution in [0.2, 0.25) is 0 Å². The number of halogens is 6. The number of carbonyl (C=O) groups excluding carboxylic acids is 1. The maximum atomic E-state index is 13.8. The molecule has 1 saturated heterocycles. The van der Waals surface area contributed by atoms with Crippen molar-refractivity contribution in [2.24, 2.45) is 0 Å². The van der Waals surface area contributed by atoms with Crippen LogP contribution < -0.4 is 14.9 Å². The van der Waals surface area contributed by atoms with Crippen molar-refractivity contribution in [2.45, 2.75) is 31.4 Å². The summed E-state index contributed by atoms with van der Waals surface area (Å²) in [6, 6.07) is 7.55. The standard InChI is InChI=1S/C26H24F6N4O5S/c1-14(34-42(40,41)13-25(27,28)29)22-15(2)36(19-5-3-4-18(10-19)26(30,31)32)24(39)35(12-21(37)38)23(22)17-8-6-16(7-9-17)20-11-33-20/h3-10,20,23,33-34H,1,11-13H2,2H3,(H,37,38)/t20-,23?/m1/s1. The van der Waals surface area contributed by atoms with Gasteiger partial charge < -0.3 is 15.3 Å². The third kappa shape index (κ3) is 6.87. The predicted octanol–water partition coefficient (Wildman–Crippen LogP) is 4.69. The Kier molecular flexibility index (Phi) is 8.08. The second-order valence-electron chi connectivity index (χ2n) is 9.67. The Morgan fingerprint density at radius 2 is 1.69 bits per heavy atom. The van der Waals surface area contributed by atoms with E-state index in [2.05, 4.69) is 11.9 Å². The molecule has 4 rings (SSSR count). The quantitative estimate of drug-likeness (QED) is 0.277. The lowest BCUT2D eigenvalue weighted by Crippen LogP contribution is -2.52. The number of aliphatic carboxylic acids is 1. The second kappa shape index (κ2) is 11.0. The number of allylic oxidation sites excluding steroid dienone is 1. The smallest absolute Gasteiger partial charge is 0.416 e. The number of nitrogens with zero attached hydrogens (tertiary/aromatic N) is 2. The van der Waals surface area contributed by atoms with Gasteiger partial charge in [-0.05, 0) is 36.2 Å². The molecule has 42 heavy (non-hydrogen) atoms. The van der Waals surface area contributed by atoms with Crippen LogP contribution in [0.25, 0.3) is 0 Å². The molecular weight excluding hydrogens is 594 g/mol. The first-order valence-electron chi connectivity index (χ1n) is 12.2. The summed E-state index contributed by atoms with van der Waals surface area (Å²) in [7, 11) is -5.09.